The highest BCUT2D eigenvalue weighted by molar-refractivity contribution is 5.96. The van der Waals surface area contributed by atoms with Gasteiger partial charge in [0.25, 0.3) is 0 Å². The lowest BCUT2D eigenvalue weighted by Gasteiger charge is -2.07. The first-order valence-corrected chi connectivity index (χ1v) is 5.66. The fourth-order valence-corrected chi connectivity index (χ4v) is 2.09. The zero-order valence-electron chi connectivity index (χ0n) is 9.60. The second kappa shape index (κ2) is 4.11. The van der Waals surface area contributed by atoms with Crippen LogP contribution in [0.1, 0.15) is 0 Å². The first-order chi connectivity index (χ1) is 8.75. The number of aromatic nitrogens is 1. The summed E-state index contributed by atoms with van der Waals surface area (Å²) in [5.41, 5.74) is 7.33. The molecule has 2 N–H and O–H groups in total. The van der Waals surface area contributed by atoms with Crippen molar-refractivity contribution >= 4 is 16.6 Å². The van der Waals surface area contributed by atoms with E-state index in [4.69, 9.17) is 5.73 Å². The highest BCUT2D eigenvalue weighted by Gasteiger charge is 2.08. The molecule has 0 aliphatic rings. The number of pyridine rings is 1. The molecule has 0 fully saturated rings. The van der Waals surface area contributed by atoms with Gasteiger partial charge in [0, 0.05) is 10.9 Å². The molecule has 18 heavy (non-hydrogen) atoms. The SMILES string of the molecule is Nc1cccc(-c2ccc(F)c3ccccc23)n1. The van der Waals surface area contributed by atoms with E-state index in [-0.39, 0.29) is 5.82 Å². The Morgan fingerprint density at radius 2 is 1.61 bits per heavy atom. The summed E-state index contributed by atoms with van der Waals surface area (Å²) >= 11 is 0. The van der Waals surface area contributed by atoms with Gasteiger partial charge < -0.3 is 5.73 Å². The lowest BCUT2D eigenvalue weighted by molar-refractivity contribution is 0.640. The normalized spacial score (nSPS) is 10.7. The van der Waals surface area contributed by atoms with Crippen LogP contribution in [0.25, 0.3) is 22.0 Å². The minimum Gasteiger partial charge on any atom is -0.384 e. The minimum atomic E-state index is -0.224. The molecule has 2 nitrogen and oxygen atoms in total. The second-order valence-corrected chi connectivity index (χ2v) is 4.09. The van der Waals surface area contributed by atoms with E-state index in [9.17, 15) is 4.39 Å². The molecule has 0 amide bonds. The number of hydrogen-bond donors (Lipinski definition) is 1. The smallest absolute Gasteiger partial charge is 0.131 e. The van der Waals surface area contributed by atoms with Gasteiger partial charge in [-0.05, 0) is 29.7 Å². The first-order valence-electron chi connectivity index (χ1n) is 5.66. The van der Waals surface area contributed by atoms with Gasteiger partial charge in [-0.25, -0.2) is 9.37 Å². The monoisotopic (exact) mass is 238 g/mol. The molecule has 2 aromatic carbocycles. The Balaban J connectivity index is 2.33. The fourth-order valence-electron chi connectivity index (χ4n) is 2.09. The van der Waals surface area contributed by atoms with Gasteiger partial charge in [0.2, 0.25) is 0 Å². The molecule has 3 aromatic rings. The summed E-state index contributed by atoms with van der Waals surface area (Å²) in [6.07, 6.45) is 0. The summed E-state index contributed by atoms with van der Waals surface area (Å²) in [4.78, 5) is 4.28. The van der Waals surface area contributed by atoms with Crippen LogP contribution in [0.2, 0.25) is 0 Å². The Kier molecular flexibility index (Phi) is 2.45. The van der Waals surface area contributed by atoms with Crippen molar-refractivity contribution < 1.29 is 4.39 Å². The van der Waals surface area contributed by atoms with E-state index in [1.54, 1.807) is 18.2 Å². The van der Waals surface area contributed by atoms with Crippen LogP contribution < -0.4 is 5.73 Å². The standard InChI is InChI=1S/C15H11FN2/c16-13-9-8-12(10-4-1-2-5-11(10)13)14-6-3-7-15(17)18-14/h1-9H,(H2,17,18). The second-order valence-electron chi connectivity index (χ2n) is 4.09. The van der Waals surface area contributed by atoms with Crippen molar-refractivity contribution in [3.05, 3.63) is 60.4 Å². The Bertz CT molecular complexity index is 723. The predicted octanol–water partition coefficient (Wildman–Crippen LogP) is 3.62. The summed E-state index contributed by atoms with van der Waals surface area (Å²) in [5.74, 6) is 0.235. The molecular formula is C15H11FN2. The fraction of sp³-hybridized carbons (Fsp3) is 0. The van der Waals surface area contributed by atoms with E-state index in [1.165, 1.54) is 6.07 Å². The number of halogens is 1. The van der Waals surface area contributed by atoms with Gasteiger partial charge in [-0.2, -0.15) is 0 Å². The van der Waals surface area contributed by atoms with Crippen LogP contribution >= 0.6 is 0 Å². The molecule has 0 spiro atoms. The van der Waals surface area contributed by atoms with Crippen LogP contribution in [0.4, 0.5) is 10.2 Å². The molecule has 0 aliphatic carbocycles. The molecule has 0 aliphatic heterocycles. The van der Waals surface area contributed by atoms with Crippen molar-refractivity contribution in [2.24, 2.45) is 0 Å². The summed E-state index contributed by atoms with van der Waals surface area (Å²) in [5, 5.41) is 1.44. The van der Waals surface area contributed by atoms with Crippen LogP contribution in [0.3, 0.4) is 0 Å². The van der Waals surface area contributed by atoms with Gasteiger partial charge in [-0.15, -0.1) is 0 Å². The van der Waals surface area contributed by atoms with Gasteiger partial charge in [-0.1, -0.05) is 30.3 Å². The molecule has 3 heteroatoms. The number of fused-ring (bicyclic) bond motifs is 1. The molecule has 3 rings (SSSR count). The van der Waals surface area contributed by atoms with E-state index in [0.29, 0.717) is 11.2 Å². The number of nitrogens with two attached hydrogens (primary N) is 1. The maximum atomic E-state index is 13.7. The number of nitrogen functional groups attached to an aromatic ring is 1. The third-order valence-corrected chi connectivity index (χ3v) is 2.92. The maximum absolute atomic E-state index is 13.7. The topological polar surface area (TPSA) is 38.9 Å². The molecule has 0 saturated heterocycles. The largest absolute Gasteiger partial charge is 0.384 e. The summed E-state index contributed by atoms with van der Waals surface area (Å²) in [7, 11) is 0. The van der Waals surface area contributed by atoms with Crippen molar-refractivity contribution in [1.29, 1.82) is 0 Å². The van der Waals surface area contributed by atoms with Crippen LogP contribution in [0.15, 0.2) is 54.6 Å². The van der Waals surface area contributed by atoms with Crippen LogP contribution in [0.5, 0.6) is 0 Å². The summed E-state index contributed by atoms with van der Waals surface area (Å²) in [6.45, 7) is 0. The van der Waals surface area contributed by atoms with Gasteiger partial charge in [0.05, 0.1) is 5.69 Å². The van der Waals surface area contributed by atoms with Crippen LogP contribution in [-0.2, 0) is 0 Å². The quantitative estimate of drug-likeness (QED) is 0.703. The minimum absolute atomic E-state index is 0.224. The number of hydrogen-bond acceptors (Lipinski definition) is 2. The molecule has 1 heterocycles. The van der Waals surface area contributed by atoms with Crippen molar-refractivity contribution in [2.45, 2.75) is 0 Å². The van der Waals surface area contributed by atoms with Crippen LogP contribution in [0, 0.1) is 5.82 Å². The first kappa shape index (κ1) is 10.7. The van der Waals surface area contributed by atoms with Gasteiger partial charge in [-0.3, -0.25) is 0 Å². The molecular weight excluding hydrogens is 227 g/mol. The van der Waals surface area contributed by atoms with Gasteiger partial charge in [0.15, 0.2) is 0 Å². The Labute approximate surface area is 104 Å². The molecule has 0 atom stereocenters. The van der Waals surface area contributed by atoms with Crippen molar-refractivity contribution in [3.63, 3.8) is 0 Å². The number of benzene rings is 2. The lowest BCUT2D eigenvalue weighted by atomic mass is 10.0. The molecule has 0 bridgehead atoms. The molecule has 1 aromatic heterocycles. The number of rotatable bonds is 1. The highest BCUT2D eigenvalue weighted by atomic mass is 19.1. The molecule has 0 radical (unpaired) electrons. The van der Waals surface area contributed by atoms with Gasteiger partial charge >= 0.3 is 0 Å². The Morgan fingerprint density at radius 3 is 2.39 bits per heavy atom. The van der Waals surface area contributed by atoms with Crippen molar-refractivity contribution in [3.8, 4) is 11.3 Å². The zero-order chi connectivity index (χ0) is 12.5. The third-order valence-electron chi connectivity index (χ3n) is 2.92. The predicted molar refractivity (Wildman–Crippen MR) is 71.5 cm³/mol. The Hall–Kier alpha value is -2.42. The summed E-state index contributed by atoms with van der Waals surface area (Å²) < 4.78 is 13.7. The summed E-state index contributed by atoms with van der Waals surface area (Å²) in [6, 6.07) is 16.0. The number of anilines is 1. The van der Waals surface area contributed by atoms with Crippen molar-refractivity contribution in [1.82, 2.24) is 4.98 Å². The van der Waals surface area contributed by atoms with E-state index >= 15 is 0 Å². The molecule has 88 valence electrons. The third kappa shape index (κ3) is 1.70. The maximum Gasteiger partial charge on any atom is 0.131 e. The Morgan fingerprint density at radius 1 is 0.833 bits per heavy atom. The zero-order valence-corrected chi connectivity index (χ0v) is 9.60. The highest BCUT2D eigenvalue weighted by Crippen LogP contribution is 2.29. The number of nitrogens with zero attached hydrogens (tertiary/aromatic N) is 1. The average molecular weight is 238 g/mol. The van der Waals surface area contributed by atoms with E-state index in [2.05, 4.69) is 4.98 Å². The lowest BCUT2D eigenvalue weighted by Crippen LogP contribution is -1.92. The average Bonchev–Trinajstić information content (AvgIpc) is 2.39. The van der Waals surface area contributed by atoms with Crippen LogP contribution in [-0.4, -0.2) is 4.98 Å². The van der Waals surface area contributed by atoms with E-state index < -0.39 is 0 Å². The van der Waals surface area contributed by atoms with Gasteiger partial charge in [0.1, 0.15) is 11.6 Å². The van der Waals surface area contributed by atoms with Crippen molar-refractivity contribution in [2.75, 3.05) is 5.73 Å². The molecule has 0 unspecified atom stereocenters. The van der Waals surface area contributed by atoms with E-state index in [0.717, 1.165) is 16.6 Å². The molecule has 0 saturated carbocycles. The van der Waals surface area contributed by atoms with E-state index in [1.807, 2.05) is 30.3 Å².